The summed E-state index contributed by atoms with van der Waals surface area (Å²) in [5, 5.41) is 3.94. The molecule has 0 unspecified atom stereocenters. The molecule has 1 aromatic heterocycles. The quantitative estimate of drug-likeness (QED) is 0.587. The molecule has 0 saturated carbocycles. The first kappa shape index (κ1) is 18.3. The highest BCUT2D eigenvalue weighted by molar-refractivity contribution is 7.20. The highest BCUT2D eigenvalue weighted by Crippen LogP contribution is 2.34. The van der Waals surface area contributed by atoms with Gasteiger partial charge in [-0.3, -0.25) is 4.79 Å². The first-order valence-corrected chi connectivity index (χ1v) is 9.62. The highest BCUT2D eigenvalue weighted by Gasteiger charge is 2.12. The molecule has 4 nitrogen and oxygen atoms in total. The Morgan fingerprint density at radius 3 is 2.69 bits per heavy atom. The van der Waals surface area contributed by atoms with Crippen LogP contribution in [0.25, 0.3) is 10.1 Å². The predicted octanol–water partition coefficient (Wildman–Crippen LogP) is 4.84. The second-order valence-electron chi connectivity index (χ2n) is 6.75. The van der Waals surface area contributed by atoms with E-state index in [2.05, 4.69) is 19.2 Å². The Morgan fingerprint density at radius 1 is 1.19 bits per heavy atom. The molecule has 1 heterocycles. The van der Waals surface area contributed by atoms with E-state index in [4.69, 9.17) is 10.5 Å². The highest BCUT2D eigenvalue weighted by atomic mass is 32.1. The van der Waals surface area contributed by atoms with Crippen LogP contribution >= 0.6 is 11.3 Å². The number of hydrogen-bond acceptors (Lipinski definition) is 4. The zero-order valence-electron chi connectivity index (χ0n) is 15.1. The van der Waals surface area contributed by atoms with Gasteiger partial charge < -0.3 is 15.8 Å². The number of nitrogens with one attached hydrogen (secondary N) is 1. The van der Waals surface area contributed by atoms with Crippen molar-refractivity contribution in [1.29, 1.82) is 0 Å². The summed E-state index contributed by atoms with van der Waals surface area (Å²) in [5.41, 5.74) is 7.80. The van der Waals surface area contributed by atoms with Gasteiger partial charge in [0.25, 0.3) is 5.91 Å². The number of hydrogen-bond donors (Lipinski definition) is 2. The molecule has 5 heteroatoms. The molecule has 0 atom stereocenters. The topological polar surface area (TPSA) is 64.4 Å². The summed E-state index contributed by atoms with van der Waals surface area (Å²) < 4.78 is 6.87. The molecule has 0 aliphatic heterocycles. The molecule has 2 aromatic carbocycles. The van der Waals surface area contributed by atoms with Gasteiger partial charge in [0, 0.05) is 17.3 Å². The molecule has 0 aliphatic rings. The van der Waals surface area contributed by atoms with Crippen LogP contribution in [0.4, 0.5) is 5.69 Å². The molecule has 0 radical (unpaired) electrons. The lowest BCUT2D eigenvalue weighted by atomic mass is 10.1. The van der Waals surface area contributed by atoms with Crippen LogP contribution in [-0.2, 0) is 6.61 Å². The van der Waals surface area contributed by atoms with Crippen molar-refractivity contribution in [2.45, 2.75) is 26.9 Å². The van der Waals surface area contributed by atoms with E-state index in [1.807, 2.05) is 48.5 Å². The zero-order chi connectivity index (χ0) is 18.5. The number of carbonyl (C=O) groups excluding carboxylic acids is 1. The number of nitrogen functional groups attached to an aromatic ring is 1. The lowest BCUT2D eigenvalue weighted by Gasteiger charge is -2.09. The van der Waals surface area contributed by atoms with Crippen LogP contribution < -0.4 is 15.8 Å². The van der Waals surface area contributed by atoms with Gasteiger partial charge in [0.05, 0.1) is 10.6 Å². The Labute approximate surface area is 158 Å². The lowest BCUT2D eigenvalue weighted by Crippen LogP contribution is -2.24. The van der Waals surface area contributed by atoms with E-state index >= 15 is 0 Å². The number of ether oxygens (including phenoxy) is 1. The van der Waals surface area contributed by atoms with Gasteiger partial charge in [0.1, 0.15) is 12.4 Å². The molecule has 0 bridgehead atoms. The van der Waals surface area contributed by atoms with E-state index in [1.165, 1.54) is 11.3 Å². The molecule has 3 aromatic rings. The van der Waals surface area contributed by atoms with Gasteiger partial charge in [-0.1, -0.05) is 44.2 Å². The van der Waals surface area contributed by atoms with Crippen molar-refractivity contribution in [3.63, 3.8) is 0 Å². The number of carbonyl (C=O) groups is 1. The molecule has 3 N–H and O–H groups in total. The van der Waals surface area contributed by atoms with Crippen molar-refractivity contribution >= 4 is 33.0 Å². The molecule has 1 amide bonds. The Balaban J connectivity index is 1.72. The average molecular weight is 369 g/mol. The maximum Gasteiger partial charge on any atom is 0.261 e. The maximum absolute atomic E-state index is 12.3. The smallest absolute Gasteiger partial charge is 0.261 e. The maximum atomic E-state index is 12.3. The standard InChI is InChI=1S/C21H24N2O2S/c1-14(2)8-9-23-21(24)20-11-16-10-17(22)18(12-19(16)26-20)25-13-15-6-4-3-5-7-15/h3-7,10-12,14H,8-9,13,22H2,1-2H3,(H,23,24). The number of anilines is 1. The molecular formula is C21H24N2O2S. The van der Waals surface area contributed by atoms with E-state index in [9.17, 15) is 4.79 Å². The van der Waals surface area contributed by atoms with Crippen LogP contribution in [-0.4, -0.2) is 12.5 Å². The van der Waals surface area contributed by atoms with Crippen LogP contribution in [0.5, 0.6) is 5.75 Å². The monoisotopic (exact) mass is 368 g/mol. The Morgan fingerprint density at radius 2 is 1.96 bits per heavy atom. The van der Waals surface area contributed by atoms with Crippen molar-refractivity contribution in [1.82, 2.24) is 5.32 Å². The van der Waals surface area contributed by atoms with E-state index in [-0.39, 0.29) is 5.91 Å². The van der Waals surface area contributed by atoms with Gasteiger partial charge in [-0.2, -0.15) is 0 Å². The Bertz CT molecular complexity index is 888. The summed E-state index contributed by atoms with van der Waals surface area (Å²) in [6.45, 7) is 5.44. The number of fused-ring (bicyclic) bond motifs is 1. The van der Waals surface area contributed by atoms with Crippen molar-refractivity contribution in [2.75, 3.05) is 12.3 Å². The molecule has 0 spiro atoms. The van der Waals surface area contributed by atoms with Gasteiger partial charge in [0.15, 0.2) is 0 Å². The fourth-order valence-electron chi connectivity index (χ4n) is 2.62. The molecule has 0 aliphatic carbocycles. The van der Waals surface area contributed by atoms with E-state index in [0.29, 0.717) is 35.4 Å². The minimum absolute atomic E-state index is 0.0304. The van der Waals surface area contributed by atoms with Gasteiger partial charge in [-0.15, -0.1) is 11.3 Å². The Hall–Kier alpha value is -2.53. The molecule has 26 heavy (non-hydrogen) atoms. The van der Waals surface area contributed by atoms with Crippen LogP contribution in [0.1, 0.15) is 35.5 Å². The molecule has 0 fully saturated rings. The second-order valence-corrected chi connectivity index (χ2v) is 7.83. The summed E-state index contributed by atoms with van der Waals surface area (Å²) >= 11 is 1.46. The second kappa shape index (κ2) is 8.23. The summed E-state index contributed by atoms with van der Waals surface area (Å²) in [7, 11) is 0. The van der Waals surface area contributed by atoms with Gasteiger partial charge in [-0.25, -0.2) is 0 Å². The van der Waals surface area contributed by atoms with Crippen molar-refractivity contribution in [3.8, 4) is 5.75 Å². The van der Waals surface area contributed by atoms with Crippen LogP contribution in [0.3, 0.4) is 0 Å². The third-order valence-electron chi connectivity index (χ3n) is 4.12. The first-order chi connectivity index (χ1) is 12.5. The zero-order valence-corrected chi connectivity index (χ0v) is 15.9. The minimum atomic E-state index is -0.0304. The van der Waals surface area contributed by atoms with E-state index in [1.54, 1.807) is 0 Å². The molecule has 136 valence electrons. The average Bonchev–Trinajstić information content (AvgIpc) is 3.03. The third kappa shape index (κ3) is 4.55. The third-order valence-corrected chi connectivity index (χ3v) is 5.21. The number of benzene rings is 2. The lowest BCUT2D eigenvalue weighted by molar-refractivity contribution is 0.0956. The predicted molar refractivity (Wildman–Crippen MR) is 109 cm³/mol. The first-order valence-electron chi connectivity index (χ1n) is 8.81. The number of nitrogens with two attached hydrogens (primary N) is 1. The minimum Gasteiger partial charge on any atom is -0.487 e. The largest absolute Gasteiger partial charge is 0.487 e. The number of amides is 1. The van der Waals surface area contributed by atoms with Crippen molar-refractivity contribution < 1.29 is 9.53 Å². The fourth-order valence-corrected chi connectivity index (χ4v) is 3.61. The summed E-state index contributed by atoms with van der Waals surface area (Å²) in [6, 6.07) is 15.6. The van der Waals surface area contributed by atoms with Crippen molar-refractivity contribution in [2.24, 2.45) is 5.92 Å². The van der Waals surface area contributed by atoms with Crippen LogP contribution in [0, 0.1) is 5.92 Å². The van der Waals surface area contributed by atoms with Gasteiger partial charge in [0.2, 0.25) is 0 Å². The molecular weight excluding hydrogens is 344 g/mol. The normalized spacial score (nSPS) is 11.0. The summed E-state index contributed by atoms with van der Waals surface area (Å²) in [6.07, 6.45) is 0.973. The molecule has 3 rings (SSSR count). The van der Waals surface area contributed by atoms with Crippen LogP contribution in [0.15, 0.2) is 48.5 Å². The SMILES string of the molecule is CC(C)CCNC(=O)c1cc2cc(N)c(OCc3ccccc3)cc2s1. The summed E-state index contributed by atoms with van der Waals surface area (Å²) in [5.74, 6) is 1.19. The number of rotatable bonds is 7. The van der Waals surface area contributed by atoms with Gasteiger partial charge >= 0.3 is 0 Å². The van der Waals surface area contributed by atoms with E-state index < -0.39 is 0 Å². The fraction of sp³-hybridized carbons (Fsp3) is 0.286. The van der Waals surface area contributed by atoms with E-state index in [0.717, 1.165) is 22.1 Å². The number of thiophene rings is 1. The van der Waals surface area contributed by atoms with Crippen molar-refractivity contribution in [3.05, 3.63) is 59.0 Å². The molecule has 0 saturated heterocycles. The Kier molecular flexibility index (Phi) is 5.78. The van der Waals surface area contributed by atoms with Gasteiger partial charge in [-0.05, 0) is 35.4 Å². The summed E-state index contributed by atoms with van der Waals surface area (Å²) in [4.78, 5) is 13.0. The van der Waals surface area contributed by atoms with Crippen LogP contribution in [0.2, 0.25) is 0 Å².